The summed E-state index contributed by atoms with van der Waals surface area (Å²) >= 11 is 0. The zero-order chi connectivity index (χ0) is 10.4. The van der Waals surface area contributed by atoms with E-state index in [1.165, 1.54) is 6.92 Å². The van der Waals surface area contributed by atoms with Crippen LogP contribution in [0.25, 0.3) is 0 Å². The number of Topliss-reactive ketones (excluding diaryl/α,β-unsaturated/α-hetero) is 2. The van der Waals surface area contributed by atoms with Crippen LogP contribution < -0.4 is 5.32 Å². The van der Waals surface area contributed by atoms with Crippen molar-refractivity contribution >= 4 is 11.6 Å². The predicted molar refractivity (Wildman–Crippen MR) is 53.8 cm³/mol. The van der Waals surface area contributed by atoms with Crippen LogP contribution in [-0.2, 0) is 16.1 Å². The SMILES string of the molecule is CC(=O)C(=O)CNCc1ccccc1. The molecule has 0 unspecified atom stereocenters. The highest BCUT2D eigenvalue weighted by Gasteiger charge is 2.05. The molecule has 0 aromatic heterocycles. The maximum absolute atomic E-state index is 10.9. The van der Waals surface area contributed by atoms with Gasteiger partial charge in [0.1, 0.15) is 0 Å². The quantitative estimate of drug-likeness (QED) is 0.704. The molecule has 3 heteroatoms. The van der Waals surface area contributed by atoms with E-state index in [1.807, 2.05) is 30.3 Å². The fourth-order valence-corrected chi connectivity index (χ4v) is 1.04. The van der Waals surface area contributed by atoms with Gasteiger partial charge in [0.2, 0.25) is 5.78 Å². The Bertz CT molecular complexity index is 319. The Hall–Kier alpha value is -1.48. The molecule has 0 aliphatic carbocycles. The second kappa shape index (κ2) is 5.29. The van der Waals surface area contributed by atoms with Gasteiger partial charge in [0.15, 0.2) is 5.78 Å². The van der Waals surface area contributed by atoms with Crippen LogP contribution in [0.2, 0.25) is 0 Å². The summed E-state index contributed by atoms with van der Waals surface area (Å²) in [7, 11) is 0. The third-order valence-electron chi connectivity index (χ3n) is 1.85. The molecule has 74 valence electrons. The van der Waals surface area contributed by atoms with Gasteiger partial charge in [-0.1, -0.05) is 30.3 Å². The zero-order valence-corrected chi connectivity index (χ0v) is 8.12. The van der Waals surface area contributed by atoms with Crippen LogP contribution in [0.5, 0.6) is 0 Å². The highest BCUT2D eigenvalue weighted by Crippen LogP contribution is 1.96. The van der Waals surface area contributed by atoms with E-state index in [0.717, 1.165) is 5.56 Å². The van der Waals surface area contributed by atoms with E-state index in [0.29, 0.717) is 6.54 Å². The van der Waals surface area contributed by atoms with E-state index in [4.69, 9.17) is 0 Å². The second-order valence-electron chi connectivity index (χ2n) is 3.07. The van der Waals surface area contributed by atoms with E-state index < -0.39 is 5.78 Å². The summed E-state index contributed by atoms with van der Waals surface area (Å²) in [5.74, 6) is -0.772. The Morgan fingerprint density at radius 3 is 2.43 bits per heavy atom. The summed E-state index contributed by atoms with van der Waals surface area (Å²) in [5.41, 5.74) is 1.10. The summed E-state index contributed by atoms with van der Waals surface area (Å²) in [5, 5.41) is 2.91. The van der Waals surface area contributed by atoms with Gasteiger partial charge in [0.05, 0.1) is 6.54 Å². The third-order valence-corrected chi connectivity index (χ3v) is 1.85. The second-order valence-corrected chi connectivity index (χ2v) is 3.07. The minimum Gasteiger partial charge on any atom is -0.305 e. The van der Waals surface area contributed by atoms with E-state index in [1.54, 1.807) is 0 Å². The molecular weight excluding hydrogens is 178 g/mol. The molecule has 0 aliphatic rings. The van der Waals surface area contributed by atoms with Crippen molar-refractivity contribution in [3.63, 3.8) is 0 Å². The molecule has 0 saturated heterocycles. The highest BCUT2D eigenvalue weighted by molar-refractivity contribution is 6.37. The molecule has 0 atom stereocenters. The summed E-state index contributed by atoms with van der Waals surface area (Å²) in [6.45, 7) is 2.01. The van der Waals surface area contributed by atoms with Gasteiger partial charge in [-0.15, -0.1) is 0 Å². The van der Waals surface area contributed by atoms with E-state index >= 15 is 0 Å². The molecule has 1 aromatic rings. The summed E-state index contributed by atoms with van der Waals surface area (Å²) in [6, 6.07) is 9.73. The Morgan fingerprint density at radius 1 is 1.21 bits per heavy atom. The molecule has 0 bridgehead atoms. The number of carbonyl (C=O) groups is 2. The topological polar surface area (TPSA) is 46.2 Å². The van der Waals surface area contributed by atoms with Crippen LogP contribution in [0, 0.1) is 0 Å². The standard InChI is InChI=1S/C11H13NO2/c1-9(13)11(14)8-12-7-10-5-3-2-4-6-10/h2-6,12H,7-8H2,1H3. The first-order valence-electron chi connectivity index (χ1n) is 4.48. The van der Waals surface area contributed by atoms with Gasteiger partial charge < -0.3 is 5.32 Å². The number of hydrogen-bond donors (Lipinski definition) is 1. The minimum atomic E-state index is -0.398. The number of rotatable bonds is 5. The molecule has 0 radical (unpaired) electrons. The summed E-state index contributed by atoms with van der Waals surface area (Å²) in [6.07, 6.45) is 0. The van der Waals surface area contributed by atoms with Gasteiger partial charge in [-0.3, -0.25) is 9.59 Å². The molecule has 1 N–H and O–H groups in total. The minimum absolute atomic E-state index is 0.115. The molecule has 0 aliphatic heterocycles. The lowest BCUT2D eigenvalue weighted by Crippen LogP contribution is -2.26. The van der Waals surface area contributed by atoms with Gasteiger partial charge in [0.25, 0.3) is 0 Å². The van der Waals surface area contributed by atoms with Crippen molar-refractivity contribution in [1.29, 1.82) is 0 Å². The number of ketones is 2. The van der Waals surface area contributed by atoms with E-state index in [9.17, 15) is 9.59 Å². The first kappa shape index (κ1) is 10.6. The van der Waals surface area contributed by atoms with Crippen molar-refractivity contribution in [2.75, 3.05) is 6.54 Å². The Kier molecular flexibility index (Phi) is 4.01. The van der Waals surface area contributed by atoms with Crippen molar-refractivity contribution in [1.82, 2.24) is 5.32 Å². The predicted octanol–water partition coefficient (Wildman–Crippen LogP) is 0.934. The van der Waals surface area contributed by atoms with Crippen LogP contribution >= 0.6 is 0 Å². The van der Waals surface area contributed by atoms with Crippen LogP contribution in [0.1, 0.15) is 12.5 Å². The number of benzene rings is 1. The lowest BCUT2D eigenvalue weighted by Gasteiger charge is -2.01. The van der Waals surface area contributed by atoms with Crippen molar-refractivity contribution in [3.8, 4) is 0 Å². The Morgan fingerprint density at radius 2 is 1.86 bits per heavy atom. The summed E-state index contributed by atoms with van der Waals surface area (Å²) in [4.78, 5) is 21.5. The average molecular weight is 191 g/mol. The number of hydrogen-bond acceptors (Lipinski definition) is 3. The maximum Gasteiger partial charge on any atom is 0.211 e. The molecule has 1 aromatic carbocycles. The molecule has 0 spiro atoms. The van der Waals surface area contributed by atoms with Gasteiger partial charge >= 0.3 is 0 Å². The van der Waals surface area contributed by atoms with Crippen LogP contribution in [0.3, 0.4) is 0 Å². The van der Waals surface area contributed by atoms with Crippen LogP contribution in [0.15, 0.2) is 30.3 Å². The monoisotopic (exact) mass is 191 g/mol. The third kappa shape index (κ3) is 3.49. The van der Waals surface area contributed by atoms with Crippen molar-refractivity contribution < 1.29 is 9.59 Å². The van der Waals surface area contributed by atoms with Gasteiger partial charge in [-0.05, 0) is 5.56 Å². The smallest absolute Gasteiger partial charge is 0.211 e. The van der Waals surface area contributed by atoms with E-state index in [-0.39, 0.29) is 12.3 Å². The van der Waals surface area contributed by atoms with Crippen molar-refractivity contribution in [2.24, 2.45) is 0 Å². The van der Waals surface area contributed by atoms with Gasteiger partial charge in [0, 0.05) is 13.5 Å². The first-order chi connectivity index (χ1) is 6.70. The number of carbonyl (C=O) groups excluding carboxylic acids is 2. The molecule has 0 amide bonds. The molecule has 0 fully saturated rings. The van der Waals surface area contributed by atoms with Crippen LogP contribution in [0.4, 0.5) is 0 Å². The average Bonchev–Trinajstić information content (AvgIpc) is 2.19. The van der Waals surface area contributed by atoms with Crippen molar-refractivity contribution in [2.45, 2.75) is 13.5 Å². The van der Waals surface area contributed by atoms with Crippen molar-refractivity contribution in [3.05, 3.63) is 35.9 Å². The molecule has 1 rings (SSSR count). The molecule has 0 saturated carbocycles. The molecule has 3 nitrogen and oxygen atoms in total. The van der Waals surface area contributed by atoms with E-state index in [2.05, 4.69) is 5.32 Å². The maximum atomic E-state index is 10.9. The zero-order valence-electron chi connectivity index (χ0n) is 8.12. The molecule has 0 heterocycles. The van der Waals surface area contributed by atoms with Gasteiger partial charge in [-0.2, -0.15) is 0 Å². The Balaban J connectivity index is 2.29. The number of nitrogens with one attached hydrogen (secondary N) is 1. The largest absolute Gasteiger partial charge is 0.305 e. The fourth-order valence-electron chi connectivity index (χ4n) is 1.04. The molecule has 14 heavy (non-hydrogen) atoms. The normalized spacial score (nSPS) is 9.79. The highest BCUT2D eigenvalue weighted by atomic mass is 16.2. The lowest BCUT2D eigenvalue weighted by atomic mass is 10.2. The first-order valence-corrected chi connectivity index (χ1v) is 4.48. The van der Waals surface area contributed by atoms with Gasteiger partial charge in [-0.25, -0.2) is 0 Å². The fraction of sp³-hybridized carbons (Fsp3) is 0.273. The lowest BCUT2D eigenvalue weighted by molar-refractivity contribution is -0.134. The van der Waals surface area contributed by atoms with Crippen LogP contribution in [-0.4, -0.2) is 18.1 Å². The summed E-state index contributed by atoms with van der Waals surface area (Å²) < 4.78 is 0. The Labute approximate surface area is 83.1 Å². The molecular formula is C11H13NO2.